The number of aryl methyl sites for hydroxylation is 2. The number of nitrogens with one attached hydrogen (secondary N) is 1. The first-order valence-corrected chi connectivity index (χ1v) is 7.76. The van der Waals surface area contributed by atoms with Gasteiger partial charge in [0.15, 0.2) is 0 Å². The van der Waals surface area contributed by atoms with Crippen LogP contribution in [0.1, 0.15) is 18.1 Å². The van der Waals surface area contributed by atoms with Crippen LogP contribution < -0.4 is 5.32 Å². The summed E-state index contributed by atoms with van der Waals surface area (Å²) in [6, 6.07) is 2.67. The molecule has 0 aromatic heterocycles. The highest BCUT2D eigenvalue weighted by Gasteiger charge is 2.30. The lowest BCUT2D eigenvalue weighted by Gasteiger charge is -2.31. The Morgan fingerprint density at radius 3 is 2.35 bits per heavy atom. The number of hydrogen-bond donors (Lipinski definition) is 1. The zero-order valence-electron chi connectivity index (χ0n) is 11.8. The first kappa shape index (κ1) is 17.4. The van der Waals surface area contributed by atoms with E-state index in [1.54, 1.807) is 13.8 Å². The Morgan fingerprint density at radius 2 is 1.85 bits per heavy atom. The Morgan fingerprint density at radius 1 is 1.30 bits per heavy atom. The fourth-order valence-electron chi connectivity index (χ4n) is 2.55. The maximum Gasteiger partial charge on any atom is 0.243 e. The summed E-state index contributed by atoms with van der Waals surface area (Å²) in [5, 5.41) is 3.21. The van der Waals surface area contributed by atoms with Gasteiger partial charge in [-0.1, -0.05) is 0 Å². The summed E-state index contributed by atoms with van der Waals surface area (Å²) >= 11 is 0. The van der Waals surface area contributed by atoms with E-state index in [1.165, 1.54) is 16.4 Å². The van der Waals surface area contributed by atoms with Crippen molar-refractivity contribution in [3.05, 3.63) is 29.1 Å². The van der Waals surface area contributed by atoms with Crippen LogP contribution in [0.3, 0.4) is 0 Å². The molecule has 2 rings (SSSR count). The van der Waals surface area contributed by atoms with Gasteiger partial charge in [-0.25, -0.2) is 12.8 Å². The SMILES string of the molecule is Cc1cc(F)cc(C)c1S(=O)(=O)N1CCNC(C)C1.Cl. The molecule has 0 amide bonds. The summed E-state index contributed by atoms with van der Waals surface area (Å²) in [5.41, 5.74) is 0.923. The largest absolute Gasteiger partial charge is 0.312 e. The third kappa shape index (κ3) is 3.31. The zero-order valence-corrected chi connectivity index (χ0v) is 13.4. The molecule has 0 bridgehead atoms. The zero-order chi connectivity index (χ0) is 14.2. The quantitative estimate of drug-likeness (QED) is 0.904. The molecule has 0 aliphatic carbocycles. The van der Waals surface area contributed by atoms with Crippen LogP contribution in [0.2, 0.25) is 0 Å². The monoisotopic (exact) mass is 322 g/mol. The fourth-order valence-corrected chi connectivity index (χ4v) is 4.49. The highest BCUT2D eigenvalue weighted by Crippen LogP contribution is 2.25. The first-order chi connectivity index (χ1) is 8.82. The smallest absolute Gasteiger partial charge is 0.243 e. The number of hydrogen-bond acceptors (Lipinski definition) is 3. The van der Waals surface area contributed by atoms with Gasteiger partial charge in [-0.3, -0.25) is 0 Å². The van der Waals surface area contributed by atoms with Gasteiger partial charge in [-0.05, 0) is 44.0 Å². The molecule has 1 aromatic carbocycles. The lowest BCUT2D eigenvalue weighted by atomic mass is 10.1. The summed E-state index contributed by atoms with van der Waals surface area (Å²) in [7, 11) is -3.55. The van der Waals surface area contributed by atoms with Gasteiger partial charge in [-0.15, -0.1) is 12.4 Å². The molecule has 0 saturated carbocycles. The van der Waals surface area contributed by atoms with E-state index in [-0.39, 0.29) is 23.3 Å². The van der Waals surface area contributed by atoms with Crippen LogP contribution >= 0.6 is 12.4 Å². The molecule has 1 fully saturated rings. The van der Waals surface area contributed by atoms with Crippen molar-refractivity contribution in [2.24, 2.45) is 0 Å². The highest BCUT2D eigenvalue weighted by molar-refractivity contribution is 7.89. The van der Waals surface area contributed by atoms with Crippen LogP contribution in [0.15, 0.2) is 17.0 Å². The summed E-state index contributed by atoms with van der Waals surface area (Å²) in [6.45, 7) is 6.75. The number of sulfonamides is 1. The second-order valence-corrected chi connectivity index (χ2v) is 6.96. The molecular weight excluding hydrogens is 303 g/mol. The molecule has 4 nitrogen and oxygen atoms in total. The summed E-state index contributed by atoms with van der Waals surface area (Å²) in [4.78, 5) is 0.239. The van der Waals surface area contributed by atoms with Crippen LogP contribution in [-0.4, -0.2) is 38.4 Å². The molecule has 1 unspecified atom stereocenters. The van der Waals surface area contributed by atoms with Crippen molar-refractivity contribution in [3.63, 3.8) is 0 Å². The maximum atomic E-state index is 13.3. The topological polar surface area (TPSA) is 49.4 Å². The van der Waals surface area contributed by atoms with Gasteiger partial charge >= 0.3 is 0 Å². The summed E-state index contributed by atoms with van der Waals surface area (Å²) < 4.78 is 40.1. The van der Waals surface area contributed by atoms with E-state index in [0.29, 0.717) is 30.8 Å². The van der Waals surface area contributed by atoms with Gasteiger partial charge in [0.25, 0.3) is 0 Å². The van der Waals surface area contributed by atoms with E-state index in [1.807, 2.05) is 6.92 Å². The van der Waals surface area contributed by atoms with Gasteiger partial charge in [-0.2, -0.15) is 4.31 Å². The van der Waals surface area contributed by atoms with Crippen molar-refractivity contribution < 1.29 is 12.8 Å². The molecular formula is C13H20ClFN2O2S. The molecule has 1 aromatic rings. The second-order valence-electron chi connectivity index (χ2n) is 5.09. The third-order valence-electron chi connectivity index (χ3n) is 3.35. The normalized spacial score (nSPS) is 20.5. The van der Waals surface area contributed by atoms with E-state index in [2.05, 4.69) is 5.32 Å². The summed E-state index contributed by atoms with van der Waals surface area (Å²) in [6.07, 6.45) is 0. The molecule has 1 atom stereocenters. The average Bonchev–Trinajstić information content (AvgIpc) is 2.26. The van der Waals surface area contributed by atoms with Crippen molar-refractivity contribution in [2.45, 2.75) is 31.7 Å². The molecule has 1 aliphatic rings. The van der Waals surface area contributed by atoms with Crippen molar-refractivity contribution in [1.82, 2.24) is 9.62 Å². The van der Waals surface area contributed by atoms with E-state index in [9.17, 15) is 12.8 Å². The molecule has 20 heavy (non-hydrogen) atoms. The Bertz CT molecular complexity index is 569. The van der Waals surface area contributed by atoms with Crippen molar-refractivity contribution >= 4 is 22.4 Å². The van der Waals surface area contributed by atoms with Gasteiger partial charge < -0.3 is 5.32 Å². The molecule has 0 radical (unpaired) electrons. The average molecular weight is 323 g/mol. The molecule has 114 valence electrons. The Hall–Kier alpha value is -0.690. The molecule has 1 saturated heterocycles. The number of piperazine rings is 1. The fraction of sp³-hybridized carbons (Fsp3) is 0.538. The number of nitrogens with zero attached hydrogens (tertiary/aromatic N) is 1. The first-order valence-electron chi connectivity index (χ1n) is 6.32. The number of halogens is 2. The maximum absolute atomic E-state index is 13.3. The third-order valence-corrected chi connectivity index (χ3v) is 5.53. The highest BCUT2D eigenvalue weighted by atomic mass is 35.5. The molecule has 1 heterocycles. The van der Waals surface area contributed by atoms with Crippen molar-refractivity contribution in [1.29, 1.82) is 0 Å². The Balaban J connectivity index is 0.00000200. The van der Waals surface area contributed by atoms with Crippen LogP contribution in [0.5, 0.6) is 0 Å². The van der Waals surface area contributed by atoms with Crippen molar-refractivity contribution in [2.75, 3.05) is 19.6 Å². The van der Waals surface area contributed by atoms with Gasteiger partial charge in [0.1, 0.15) is 5.82 Å². The van der Waals surface area contributed by atoms with Gasteiger partial charge in [0.05, 0.1) is 4.90 Å². The minimum absolute atomic E-state index is 0. The standard InChI is InChI=1S/C13H19FN2O2S.ClH/c1-9-6-12(14)7-10(2)13(9)19(17,18)16-5-4-15-11(3)8-16;/h6-7,11,15H,4-5,8H2,1-3H3;1H. The van der Waals surface area contributed by atoms with E-state index >= 15 is 0 Å². The minimum atomic E-state index is -3.55. The van der Waals surface area contributed by atoms with Gasteiger partial charge in [0.2, 0.25) is 10.0 Å². The van der Waals surface area contributed by atoms with Crippen LogP contribution in [0, 0.1) is 19.7 Å². The van der Waals surface area contributed by atoms with Crippen LogP contribution in [0.25, 0.3) is 0 Å². The molecule has 0 spiro atoms. The number of rotatable bonds is 2. The predicted octanol–water partition coefficient (Wildman–Crippen LogP) is 1.85. The number of benzene rings is 1. The van der Waals surface area contributed by atoms with E-state index in [0.717, 1.165) is 0 Å². The molecule has 1 N–H and O–H groups in total. The van der Waals surface area contributed by atoms with Gasteiger partial charge in [0, 0.05) is 25.7 Å². The predicted molar refractivity (Wildman–Crippen MR) is 79.3 cm³/mol. The van der Waals surface area contributed by atoms with E-state index in [4.69, 9.17) is 0 Å². The summed E-state index contributed by atoms with van der Waals surface area (Å²) in [5.74, 6) is -0.400. The lowest BCUT2D eigenvalue weighted by Crippen LogP contribution is -2.51. The molecule has 1 aliphatic heterocycles. The van der Waals surface area contributed by atoms with Crippen molar-refractivity contribution in [3.8, 4) is 0 Å². The Kier molecular flexibility index (Phi) is 5.54. The molecule has 7 heteroatoms. The van der Waals surface area contributed by atoms with Crippen LogP contribution in [0.4, 0.5) is 4.39 Å². The second kappa shape index (κ2) is 6.39. The Labute approximate surface area is 125 Å². The van der Waals surface area contributed by atoms with E-state index < -0.39 is 15.8 Å². The van der Waals surface area contributed by atoms with Crippen LogP contribution in [-0.2, 0) is 10.0 Å². The lowest BCUT2D eigenvalue weighted by molar-refractivity contribution is 0.310. The minimum Gasteiger partial charge on any atom is -0.312 e.